The molecule has 1 aromatic heterocycles. The number of hydrogen-bond donors (Lipinski definition) is 0. The van der Waals surface area contributed by atoms with Crippen LogP contribution in [0.25, 0.3) is 11.0 Å². The summed E-state index contributed by atoms with van der Waals surface area (Å²) in [5.41, 5.74) is 1.69. The number of hydrogen-bond acceptors (Lipinski definition) is 5. The zero-order valence-electron chi connectivity index (χ0n) is 17.2. The number of amides is 2. The van der Waals surface area contributed by atoms with Crippen LogP contribution in [0.3, 0.4) is 0 Å². The third-order valence-electron chi connectivity index (χ3n) is 5.91. The lowest BCUT2D eigenvalue weighted by molar-refractivity contribution is -0.124. The number of carbonyl (C=O) groups is 2. The molecule has 31 heavy (non-hydrogen) atoms. The topological polar surface area (TPSA) is 69.6 Å². The predicted octanol–water partition coefficient (Wildman–Crippen LogP) is 2.99. The Morgan fingerprint density at radius 2 is 1.68 bits per heavy atom. The highest BCUT2D eigenvalue weighted by Crippen LogP contribution is 2.34. The third-order valence-corrected chi connectivity index (χ3v) is 5.91. The molecule has 2 aliphatic rings. The first-order valence-electron chi connectivity index (χ1n) is 10.4. The van der Waals surface area contributed by atoms with E-state index in [1.54, 1.807) is 23.1 Å². The summed E-state index contributed by atoms with van der Waals surface area (Å²) in [6.07, 6.45) is 0.810. The van der Waals surface area contributed by atoms with E-state index in [-0.39, 0.29) is 30.5 Å². The van der Waals surface area contributed by atoms with Crippen molar-refractivity contribution in [3.05, 3.63) is 54.3 Å². The van der Waals surface area contributed by atoms with Gasteiger partial charge in [-0.1, -0.05) is 24.3 Å². The molecular formula is C23H22FN5O2. The van der Waals surface area contributed by atoms with E-state index in [4.69, 9.17) is 9.97 Å². The van der Waals surface area contributed by atoms with Gasteiger partial charge in [-0.05, 0) is 30.7 Å². The van der Waals surface area contributed by atoms with E-state index in [2.05, 4.69) is 0 Å². The number of halogens is 1. The second-order valence-electron chi connectivity index (χ2n) is 7.98. The molecule has 2 aliphatic heterocycles. The molecule has 7 nitrogen and oxygen atoms in total. The van der Waals surface area contributed by atoms with Crippen LogP contribution >= 0.6 is 0 Å². The van der Waals surface area contributed by atoms with Crippen molar-refractivity contribution in [2.75, 3.05) is 41.4 Å². The highest BCUT2D eigenvalue weighted by atomic mass is 19.1. The molecule has 0 N–H and O–H groups in total. The molecule has 3 aromatic rings. The largest absolute Gasteiger partial charge is 0.357 e. The zero-order chi connectivity index (χ0) is 21.5. The summed E-state index contributed by atoms with van der Waals surface area (Å²) in [5, 5.41) is 0. The molecule has 158 valence electrons. The number of aromatic nitrogens is 2. The van der Waals surface area contributed by atoms with Crippen molar-refractivity contribution in [2.24, 2.45) is 5.92 Å². The summed E-state index contributed by atoms with van der Waals surface area (Å²) in [4.78, 5) is 40.7. The standard InChI is InChI=1S/C23H22FN5O2/c1-27-11-6-12-28(22-21(27)25-17-8-3-4-9-18(17)26-22)23(31)15-13-20(30)29(14-15)19-10-5-2-7-16(19)24/h2-5,7-10,15H,6,11-14H2,1H3. The maximum atomic E-state index is 14.2. The van der Waals surface area contributed by atoms with Gasteiger partial charge in [-0.15, -0.1) is 0 Å². The average molecular weight is 419 g/mol. The number of benzene rings is 2. The Balaban J connectivity index is 1.48. The quantitative estimate of drug-likeness (QED) is 0.639. The minimum Gasteiger partial charge on any atom is -0.357 e. The Morgan fingerprint density at radius 3 is 2.42 bits per heavy atom. The van der Waals surface area contributed by atoms with Crippen LogP contribution in [0.1, 0.15) is 12.8 Å². The fourth-order valence-electron chi connectivity index (χ4n) is 4.31. The Bertz CT molecular complexity index is 1180. The molecule has 5 rings (SSSR count). The van der Waals surface area contributed by atoms with Crippen molar-refractivity contribution < 1.29 is 14.0 Å². The number of nitrogens with zero attached hydrogens (tertiary/aromatic N) is 5. The SMILES string of the molecule is CN1CCCN(C(=O)C2CC(=O)N(c3ccccc3F)C2)c2nc3ccccc3nc21. The molecule has 0 spiro atoms. The summed E-state index contributed by atoms with van der Waals surface area (Å²) in [5.74, 6) is -0.284. The van der Waals surface area contributed by atoms with Gasteiger partial charge in [0.15, 0.2) is 11.6 Å². The Labute approximate surface area is 179 Å². The van der Waals surface area contributed by atoms with Crippen molar-refractivity contribution in [3.8, 4) is 0 Å². The fraction of sp³-hybridized carbons (Fsp3) is 0.304. The van der Waals surface area contributed by atoms with Gasteiger partial charge in [-0.25, -0.2) is 14.4 Å². The van der Waals surface area contributed by atoms with Gasteiger partial charge in [0.05, 0.1) is 22.6 Å². The molecule has 0 radical (unpaired) electrons. The number of anilines is 3. The van der Waals surface area contributed by atoms with Crippen molar-refractivity contribution >= 4 is 40.2 Å². The van der Waals surface area contributed by atoms with E-state index in [0.717, 1.165) is 18.5 Å². The molecule has 0 saturated carbocycles. The van der Waals surface area contributed by atoms with Crippen molar-refractivity contribution in [1.29, 1.82) is 0 Å². The maximum Gasteiger partial charge on any atom is 0.233 e. The van der Waals surface area contributed by atoms with E-state index < -0.39 is 11.7 Å². The second kappa shape index (κ2) is 7.61. The van der Waals surface area contributed by atoms with Crippen LogP contribution in [0.2, 0.25) is 0 Å². The highest BCUT2D eigenvalue weighted by Gasteiger charge is 2.40. The van der Waals surface area contributed by atoms with E-state index in [1.807, 2.05) is 36.2 Å². The average Bonchev–Trinajstić information content (AvgIpc) is 3.09. The lowest BCUT2D eigenvalue weighted by Gasteiger charge is -2.25. The van der Waals surface area contributed by atoms with E-state index in [0.29, 0.717) is 23.7 Å². The Hall–Kier alpha value is -3.55. The summed E-state index contributed by atoms with van der Waals surface area (Å²) >= 11 is 0. The molecule has 8 heteroatoms. The molecule has 1 fully saturated rings. The van der Waals surface area contributed by atoms with E-state index >= 15 is 0 Å². The molecule has 0 aliphatic carbocycles. The smallest absolute Gasteiger partial charge is 0.233 e. The first kappa shape index (κ1) is 19.4. The van der Waals surface area contributed by atoms with E-state index in [1.165, 1.54) is 11.0 Å². The van der Waals surface area contributed by atoms with Crippen LogP contribution in [0.15, 0.2) is 48.5 Å². The zero-order valence-corrected chi connectivity index (χ0v) is 17.2. The normalized spacial score (nSPS) is 19.0. The molecule has 2 amide bonds. The van der Waals surface area contributed by atoms with Gasteiger partial charge in [-0.3, -0.25) is 14.5 Å². The van der Waals surface area contributed by atoms with Crippen molar-refractivity contribution in [2.45, 2.75) is 12.8 Å². The lowest BCUT2D eigenvalue weighted by atomic mass is 10.1. The summed E-state index contributed by atoms with van der Waals surface area (Å²) < 4.78 is 14.2. The molecule has 1 unspecified atom stereocenters. The minimum absolute atomic E-state index is 0.0514. The van der Waals surface area contributed by atoms with Crippen LogP contribution in [0.4, 0.5) is 21.7 Å². The van der Waals surface area contributed by atoms with Gasteiger partial charge in [-0.2, -0.15) is 0 Å². The van der Waals surface area contributed by atoms with Crippen molar-refractivity contribution in [3.63, 3.8) is 0 Å². The molecule has 2 aromatic carbocycles. The minimum atomic E-state index is -0.559. The first-order valence-corrected chi connectivity index (χ1v) is 10.4. The molecule has 1 atom stereocenters. The van der Waals surface area contributed by atoms with Gasteiger partial charge < -0.3 is 9.80 Å². The number of fused-ring (bicyclic) bond motifs is 2. The van der Waals surface area contributed by atoms with Crippen LogP contribution in [-0.2, 0) is 9.59 Å². The van der Waals surface area contributed by atoms with Gasteiger partial charge in [0, 0.05) is 33.1 Å². The molecule has 1 saturated heterocycles. The van der Waals surface area contributed by atoms with Crippen LogP contribution in [-0.4, -0.2) is 48.5 Å². The first-order chi connectivity index (χ1) is 15.0. The highest BCUT2D eigenvalue weighted by molar-refractivity contribution is 6.05. The molecular weight excluding hydrogens is 397 g/mol. The number of carbonyl (C=O) groups excluding carboxylic acids is 2. The van der Waals surface area contributed by atoms with Gasteiger partial charge in [0.1, 0.15) is 5.82 Å². The van der Waals surface area contributed by atoms with Gasteiger partial charge in [0.25, 0.3) is 0 Å². The summed E-state index contributed by atoms with van der Waals surface area (Å²) in [6, 6.07) is 13.7. The maximum absolute atomic E-state index is 14.2. The summed E-state index contributed by atoms with van der Waals surface area (Å²) in [6.45, 7) is 1.39. The lowest BCUT2D eigenvalue weighted by Crippen LogP contribution is -2.38. The fourth-order valence-corrected chi connectivity index (χ4v) is 4.31. The Morgan fingerprint density at radius 1 is 1.00 bits per heavy atom. The van der Waals surface area contributed by atoms with Crippen molar-refractivity contribution in [1.82, 2.24) is 9.97 Å². The summed E-state index contributed by atoms with van der Waals surface area (Å²) in [7, 11) is 1.94. The molecule has 3 heterocycles. The Kier molecular flexibility index (Phi) is 4.77. The third kappa shape index (κ3) is 3.37. The number of rotatable bonds is 2. The van der Waals surface area contributed by atoms with Gasteiger partial charge in [0.2, 0.25) is 11.8 Å². The van der Waals surface area contributed by atoms with Gasteiger partial charge >= 0.3 is 0 Å². The van der Waals surface area contributed by atoms with Crippen LogP contribution in [0, 0.1) is 11.7 Å². The monoisotopic (exact) mass is 419 g/mol. The van der Waals surface area contributed by atoms with Crippen LogP contribution in [0.5, 0.6) is 0 Å². The van der Waals surface area contributed by atoms with E-state index in [9.17, 15) is 14.0 Å². The number of para-hydroxylation sites is 3. The van der Waals surface area contributed by atoms with Crippen LogP contribution < -0.4 is 14.7 Å². The molecule has 0 bridgehead atoms. The second-order valence-corrected chi connectivity index (χ2v) is 7.98. The predicted molar refractivity (Wildman–Crippen MR) is 117 cm³/mol.